The number of rotatable bonds is 11. The summed E-state index contributed by atoms with van der Waals surface area (Å²) in [6.45, 7) is 23.3. The number of carbonyl (C=O) groups is 1. The van der Waals surface area contributed by atoms with Gasteiger partial charge in [-0.2, -0.15) is 0 Å². The SMILES string of the molecule is CCCCCCCCOCOC1C[C@@]2(C)C(CC[C@]3(C)C2CC=C2C4[C@@H](C)[C@H](C)CC[C@]4(C(=O)OC)CC[C@]23C)[C@]2(C)COC(C)(C)OC12. The molecule has 6 aliphatic rings. The maximum absolute atomic E-state index is 13.7. The fourth-order valence-corrected chi connectivity index (χ4v) is 13.3. The molecule has 6 nitrogen and oxygen atoms in total. The van der Waals surface area contributed by atoms with Crippen molar-refractivity contribution >= 4 is 5.97 Å². The Bertz CT molecular complexity index is 1230. The van der Waals surface area contributed by atoms with E-state index in [1.807, 2.05) is 0 Å². The molecule has 280 valence electrons. The first-order valence-electron chi connectivity index (χ1n) is 20.4. The van der Waals surface area contributed by atoms with Gasteiger partial charge in [-0.15, -0.1) is 0 Å². The van der Waals surface area contributed by atoms with Crippen molar-refractivity contribution in [2.24, 2.45) is 56.7 Å². The standard InChI is InChI=1S/C43H72O6/c1-11-12-13-14-15-16-25-46-28-47-32-26-39(6)33(40(7)27-48-38(4,5)49-36(32)40)20-21-42(9)34(39)18-17-31-35-30(3)29(2)19-22-43(35,37(44)45-10)24-23-41(31,42)8/h17,29-30,32-36H,11-16,18-28H2,1-10H3/t29-,30+,32?,33?,34?,35?,36?,39+,40+,41-,42-,43+/m1/s1. The van der Waals surface area contributed by atoms with Crippen molar-refractivity contribution < 1.29 is 28.5 Å². The van der Waals surface area contributed by atoms with E-state index >= 15 is 0 Å². The molecule has 6 heteroatoms. The predicted octanol–water partition coefficient (Wildman–Crippen LogP) is 10.3. The molecule has 5 aliphatic carbocycles. The van der Waals surface area contributed by atoms with Gasteiger partial charge in [-0.3, -0.25) is 4.79 Å². The quantitative estimate of drug-likeness (QED) is 0.0934. The van der Waals surface area contributed by atoms with Gasteiger partial charge in [0.2, 0.25) is 0 Å². The second kappa shape index (κ2) is 13.8. The molecule has 0 spiro atoms. The fourth-order valence-electron chi connectivity index (χ4n) is 13.3. The van der Waals surface area contributed by atoms with Crippen LogP contribution >= 0.6 is 0 Å². The molecule has 1 heterocycles. The Balaban J connectivity index is 1.28. The van der Waals surface area contributed by atoms with Crippen molar-refractivity contribution in [3.63, 3.8) is 0 Å². The minimum Gasteiger partial charge on any atom is -0.469 e. The average Bonchev–Trinajstić information content (AvgIpc) is 3.06. The third-order valence-corrected chi connectivity index (χ3v) is 16.4. The Hall–Kier alpha value is -0.950. The van der Waals surface area contributed by atoms with E-state index in [1.165, 1.54) is 44.9 Å². The van der Waals surface area contributed by atoms with Crippen molar-refractivity contribution in [3.8, 4) is 0 Å². The highest BCUT2D eigenvalue weighted by Gasteiger charge is 2.72. The number of fused-ring (bicyclic) bond motifs is 9. The van der Waals surface area contributed by atoms with Gasteiger partial charge in [-0.1, -0.05) is 92.2 Å². The van der Waals surface area contributed by atoms with Gasteiger partial charge in [0.25, 0.3) is 0 Å². The molecule has 6 rings (SSSR count). The molecule has 0 aromatic carbocycles. The predicted molar refractivity (Wildman–Crippen MR) is 195 cm³/mol. The van der Waals surface area contributed by atoms with E-state index in [0.29, 0.717) is 37.1 Å². The molecule has 0 amide bonds. The van der Waals surface area contributed by atoms with Crippen LogP contribution in [0.1, 0.15) is 152 Å². The van der Waals surface area contributed by atoms with Gasteiger partial charge in [0.1, 0.15) is 6.79 Å². The zero-order chi connectivity index (χ0) is 35.5. The van der Waals surface area contributed by atoms with Crippen molar-refractivity contribution in [2.75, 3.05) is 27.1 Å². The lowest BCUT2D eigenvalue weighted by atomic mass is 9.33. The van der Waals surface area contributed by atoms with Crippen molar-refractivity contribution in [1.82, 2.24) is 0 Å². The zero-order valence-electron chi connectivity index (χ0n) is 33.1. The van der Waals surface area contributed by atoms with Crippen LogP contribution in [-0.2, 0) is 28.5 Å². The minimum absolute atomic E-state index is 0.0264. The van der Waals surface area contributed by atoms with Gasteiger partial charge in [-0.05, 0) is 117 Å². The summed E-state index contributed by atoms with van der Waals surface area (Å²) >= 11 is 0. The number of methoxy groups -OCH3 is 1. The van der Waals surface area contributed by atoms with E-state index in [9.17, 15) is 4.79 Å². The number of hydrogen-bond acceptors (Lipinski definition) is 6. The summed E-state index contributed by atoms with van der Waals surface area (Å²) in [5, 5.41) is 0. The molecule has 1 aliphatic heterocycles. The van der Waals surface area contributed by atoms with Crippen LogP contribution in [0.2, 0.25) is 0 Å². The Kier molecular flexibility index (Phi) is 10.6. The molecule has 1 saturated heterocycles. The summed E-state index contributed by atoms with van der Waals surface area (Å²) in [5.74, 6) is 1.74. The van der Waals surface area contributed by atoms with E-state index in [1.54, 1.807) is 12.7 Å². The Morgan fingerprint density at radius 1 is 0.898 bits per heavy atom. The molecule has 4 saturated carbocycles. The topological polar surface area (TPSA) is 63.2 Å². The molecule has 12 atom stereocenters. The number of esters is 1. The largest absolute Gasteiger partial charge is 0.469 e. The third kappa shape index (κ3) is 6.01. The first-order valence-corrected chi connectivity index (χ1v) is 20.4. The van der Waals surface area contributed by atoms with Crippen LogP contribution in [0.5, 0.6) is 0 Å². The molecule has 0 aromatic heterocycles. The molecular formula is C43H72O6. The lowest BCUT2D eigenvalue weighted by Gasteiger charge is -2.72. The van der Waals surface area contributed by atoms with Gasteiger partial charge < -0.3 is 23.7 Å². The Labute approximate surface area is 299 Å². The van der Waals surface area contributed by atoms with E-state index in [0.717, 1.165) is 51.6 Å². The van der Waals surface area contributed by atoms with E-state index in [-0.39, 0.29) is 51.2 Å². The molecule has 5 unspecified atom stereocenters. The normalized spacial score (nSPS) is 47.1. The maximum Gasteiger partial charge on any atom is 0.312 e. The first-order chi connectivity index (χ1) is 23.1. The van der Waals surface area contributed by atoms with Crippen LogP contribution in [0, 0.1) is 56.7 Å². The van der Waals surface area contributed by atoms with Crippen molar-refractivity contribution in [3.05, 3.63) is 11.6 Å². The average molecular weight is 685 g/mol. The molecule has 49 heavy (non-hydrogen) atoms. The van der Waals surface area contributed by atoms with Crippen LogP contribution in [0.3, 0.4) is 0 Å². The molecule has 5 fully saturated rings. The van der Waals surface area contributed by atoms with E-state index in [4.69, 9.17) is 23.7 Å². The summed E-state index contributed by atoms with van der Waals surface area (Å²) < 4.78 is 31.9. The van der Waals surface area contributed by atoms with E-state index < -0.39 is 5.79 Å². The molecular weight excluding hydrogens is 612 g/mol. The lowest BCUT2D eigenvalue weighted by Crippen LogP contribution is -2.71. The highest BCUT2D eigenvalue weighted by molar-refractivity contribution is 5.78. The first kappa shape index (κ1) is 37.8. The van der Waals surface area contributed by atoms with Crippen LogP contribution in [0.4, 0.5) is 0 Å². The molecule has 0 radical (unpaired) electrons. The Morgan fingerprint density at radius 2 is 1.63 bits per heavy atom. The zero-order valence-corrected chi connectivity index (χ0v) is 33.1. The number of unbranched alkanes of at least 4 members (excludes halogenated alkanes) is 5. The highest BCUT2D eigenvalue weighted by Crippen LogP contribution is 2.76. The minimum atomic E-state index is -0.625. The summed E-state index contributed by atoms with van der Waals surface area (Å²) in [7, 11) is 1.61. The third-order valence-electron chi connectivity index (χ3n) is 16.4. The monoisotopic (exact) mass is 685 g/mol. The second-order valence-corrected chi connectivity index (χ2v) is 19.2. The van der Waals surface area contributed by atoms with E-state index in [2.05, 4.69) is 68.4 Å². The van der Waals surface area contributed by atoms with Gasteiger partial charge in [0.05, 0.1) is 31.3 Å². The van der Waals surface area contributed by atoms with Crippen LogP contribution in [0.25, 0.3) is 0 Å². The molecule has 0 aromatic rings. The molecule has 0 bridgehead atoms. The van der Waals surface area contributed by atoms with Crippen molar-refractivity contribution in [1.29, 1.82) is 0 Å². The van der Waals surface area contributed by atoms with Crippen molar-refractivity contribution in [2.45, 2.75) is 170 Å². The lowest BCUT2D eigenvalue weighted by molar-refractivity contribution is -0.375. The van der Waals surface area contributed by atoms with Gasteiger partial charge >= 0.3 is 5.97 Å². The number of allylic oxidation sites excluding steroid dienone is 2. The van der Waals surface area contributed by atoms with Crippen LogP contribution in [-0.4, -0.2) is 51.1 Å². The van der Waals surface area contributed by atoms with Crippen LogP contribution in [0.15, 0.2) is 11.6 Å². The summed E-state index contributed by atoms with van der Waals surface area (Å²) in [5.41, 5.74) is 1.31. The summed E-state index contributed by atoms with van der Waals surface area (Å²) in [4.78, 5) is 13.7. The van der Waals surface area contributed by atoms with Gasteiger partial charge in [-0.25, -0.2) is 0 Å². The smallest absolute Gasteiger partial charge is 0.312 e. The molecule has 0 N–H and O–H groups in total. The summed E-state index contributed by atoms with van der Waals surface area (Å²) in [6.07, 6.45) is 18.6. The number of carbonyl (C=O) groups excluding carboxylic acids is 1. The van der Waals surface area contributed by atoms with Gasteiger partial charge in [0, 0.05) is 12.0 Å². The van der Waals surface area contributed by atoms with Crippen LogP contribution < -0.4 is 0 Å². The number of hydrogen-bond donors (Lipinski definition) is 0. The summed E-state index contributed by atoms with van der Waals surface area (Å²) in [6, 6.07) is 0. The Morgan fingerprint density at radius 3 is 2.37 bits per heavy atom. The highest BCUT2D eigenvalue weighted by atomic mass is 16.7. The maximum atomic E-state index is 13.7. The van der Waals surface area contributed by atoms with Gasteiger partial charge in [0.15, 0.2) is 5.79 Å². The fraction of sp³-hybridized carbons (Fsp3) is 0.930. The second-order valence-electron chi connectivity index (χ2n) is 19.2. The number of ether oxygens (including phenoxy) is 5.